The Kier molecular flexibility index (Phi) is 7.78. The molecule has 0 radical (unpaired) electrons. The third kappa shape index (κ3) is 14.4. The van der Waals surface area contributed by atoms with Gasteiger partial charge in [0.2, 0.25) is 0 Å². The summed E-state index contributed by atoms with van der Waals surface area (Å²) in [7, 11) is 0. The number of allylic oxidation sites excluding steroid dienone is 2. The van der Waals surface area contributed by atoms with E-state index in [1.54, 1.807) is 0 Å². The monoisotopic (exact) mass is 306 g/mol. The smallest absolute Gasteiger partial charge is 0.430 e. The molecule has 0 bridgehead atoms. The second kappa shape index (κ2) is 8.49. The van der Waals surface area contributed by atoms with E-state index in [1.807, 2.05) is 0 Å². The van der Waals surface area contributed by atoms with Crippen LogP contribution >= 0.6 is 0 Å². The number of ether oxygens (including phenoxy) is 2. The highest BCUT2D eigenvalue weighted by Gasteiger charge is 2.25. The molecule has 0 unspecified atom stereocenters. The second-order valence-electron chi connectivity index (χ2n) is 3.45. The molecule has 0 aromatic rings. The first-order chi connectivity index (χ1) is 9.10. The van der Waals surface area contributed by atoms with Gasteiger partial charge >= 0.3 is 18.5 Å². The maximum Gasteiger partial charge on any atom is 0.508 e. The van der Waals surface area contributed by atoms with Crippen molar-refractivity contribution in [3.05, 3.63) is 24.3 Å². The quantitative estimate of drug-likeness (QED) is 0.420. The van der Waals surface area contributed by atoms with Crippen LogP contribution < -0.4 is 0 Å². The predicted octanol–water partition coefficient (Wildman–Crippen LogP) is 4.16. The molecule has 0 saturated carbocycles. The van der Waals surface area contributed by atoms with Crippen LogP contribution in [0.5, 0.6) is 0 Å². The summed E-state index contributed by atoms with van der Waals surface area (Å²) >= 11 is 0. The van der Waals surface area contributed by atoms with Gasteiger partial charge in [-0.2, -0.15) is 26.3 Å². The van der Waals surface area contributed by atoms with E-state index in [2.05, 4.69) is 9.47 Å². The highest BCUT2D eigenvalue weighted by Crippen LogP contribution is 2.20. The lowest BCUT2D eigenvalue weighted by molar-refractivity contribution is -0.126. The maximum absolute atomic E-state index is 11.7. The van der Waals surface area contributed by atoms with Crippen molar-refractivity contribution < 1.29 is 40.6 Å². The van der Waals surface area contributed by atoms with Crippen molar-refractivity contribution in [3.8, 4) is 0 Å². The highest BCUT2D eigenvalue weighted by atomic mass is 19.4. The number of carbonyl (C=O) groups is 1. The van der Waals surface area contributed by atoms with Gasteiger partial charge in [0.25, 0.3) is 0 Å². The molecule has 0 fully saturated rings. The molecule has 0 aliphatic heterocycles. The fraction of sp³-hybridized carbons (Fsp3) is 0.545. The van der Waals surface area contributed by atoms with Gasteiger partial charge in [0, 0.05) is 0 Å². The summed E-state index contributed by atoms with van der Waals surface area (Å²) in [5.74, 6) is 0. The minimum absolute atomic E-state index is 0.415. The minimum atomic E-state index is -4.33. The van der Waals surface area contributed by atoms with E-state index < -0.39 is 44.6 Å². The number of rotatable bonds is 6. The zero-order chi connectivity index (χ0) is 15.6. The van der Waals surface area contributed by atoms with Gasteiger partial charge in [-0.25, -0.2) is 4.79 Å². The molecule has 116 valence electrons. The molecule has 0 aliphatic rings. The molecule has 0 spiro atoms. The Bertz CT molecular complexity index is 311. The Morgan fingerprint density at radius 3 is 1.40 bits per heavy atom. The maximum atomic E-state index is 11.7. The van der Waals surface area contributed by atoms with Crippen LogP contribution in [0.4, 0.5) is 31.1 Å². The Labute approximate surface area is 110 Å². The summed E-state index contributed by atoms with van der Waals surface area (Å²) in [5, 5.41) is 0. The Hall–Kier alpha value is -1.67. The van der Waals surface area contributed by atoms with Gasteiger partial charge in [-0.1, -0.05) is 24.3 Å². The second-order valence-corrected chi connectivity index (χ2v) is 3.45. The number of halogens is 6. The highest BCUT2D eigenvalue weighted by molar-refractivity contribution is 5.60. The number of alkyl halides is 6. The van der Waals surface area contributed by atoms with Gasteiger partial charge < -0.3 is 9.47 Å². The van der Waals surface area contributed by atoms with Crippen LogP contribution in [0.15, 0.2) is 24.3 Å². The standard InChI is InChI=1S/C11H12F6O3/c12-10(13,14)5-1-3-7-19-9(18)20-8-4-2-6-11(15,16)17/h1-4H,5-8H2. The van der Waals surface area contributed by atoms with E-state index in [0.29, 0.717) is 0 Å². The van der Waals surface area contributed by atoms with Crippen molar-refractivity contribution in [1.29, 1.82) is 0 Å². The first-order valence-corrected chi connectivity index (χ1v) is 5.33. The van der Waals surface area contributed by atoms with Crippen molar-refractivity contribution in [2.24, 2.45) is 0 Å². The van der Waals surface area contributed by atoms with Gasteiger partial charge in [0.15, 0.2) is 0 Å². The van der Waals surface area contributed by atoms with Crippen molar-refractivity contribution in [3.63, 3.8) is 0 Å². The number of hydrogen-bond donors (Lipinski definition) is 0. The molecule has 0 N–H and O–H groups in total. The third-order valence-corrected chi connectivity index (χ3v) is 1.63. The minimum Gasteiger partial charge on any atom is -0.430 e. The first-order valence-electron chi connectivity index (χ1n) is 5.33. The van der Waals surface area contributed by atoms with E-state index in [0.717, 1.165) is 24.3 Å². The average Bonchev–Trinajstić information content (AvgIpc) is 2.25. The largest absolute Gasteiger partial charge is 0.508 e. The van der Waals surface area contributed by atoms with Gasteiger partial charge in [-0.05, 0) is 0 Å². The van der Waals surface area contributed by atoms with E-state index >= 15 is 0 Å². The zero-order valence-electron chi connectivity index (χ0n) is 10.1. The summed E-state index contributed by atoms with van der Waals surface area (Å²) in [6.07, 6.45) is -8.63. The van der Waals surface area contributed by atoms with Crippen LogP contribution in [-0.2, 0) is 9.47 Å². The van der Waals surface area contributed by atoms with E-state index in [-0.39, 0.29) is 0 Å². The Morgan fingerprint density at radius 1 is 0.750 bits per heavy atom. The van der Waals surface area contributed by atoms with E-state index in [1.165, 1.54) is 0 Å². The molecule has 0 atom stereocenters. The fourth-order valence-electron chi connectivity index (χ4n) is 0.844. The molecule has 0 amide bonds. The molecule has 0 aromatic carbocycles. The number of carbonyl (C=O) groups excluding carboxylic acids is 1. The van der Waals surface area contributed by atoms with Gasteiger partial charge in [0.1, 0.15) is 13.2 Å². The van der Waals surface area contributed by atoms with E-state index in [4.69, 9.17) is 0 Å². The Balaban J connectivity index is 3.65. The first kappa shape index (κ1) is 18.3. The van der Waals surface area contributed by atoms with Gasteiger partial charge in [-0.3, -0.25) is 0 Å². The fourth-order valence-corrected chi connectivity index (χ4v) is 0.844. The topological polar surface area (TPSA) is 35.5 Å². The molecule has 0 heterocycles. The van der Waals surface area contributed by atoms with Crippen LogP contribution in [0.25, 0.3) is 0 Å². The lowest BCUT2D eigenvalue weighted by Gasteiger charge is -2.03. The third-order valence-electron chi connectivity index (χ3n) is 1.63. The molecule has 3 nitrogen and oxygen atoms in total. The van der Waals surface area contributed by atoms with Crippen LogP contribution in [0, 0.1) is 0 Å². The van der Waals surface area contributed by atoms with Crippen molar-refractivity contribution in [1.82, 2.24) is 0 Å². The van der Waals surface area contributed by atoms with Crippen LogP contribution in [0.1, 0.15) is 12.8 Å². The van der Waals surface area contributed by atoms with Crippen LogP contribution in [0.2, 0.25) is 0 Å². The molecular weight excluding hydrogens is 294 g/mol. The van der Waals surface area contributed by atoms with Crippen molar-refractivity contribution in [2.45, 2.75) is 25.2 Å². The van der Waals surface area contributed by atoms with Crippen LogP contribution in [0.3, 0.4) is 0 Å². The van der Waals surface area contributed by atoms with Gasteiger partial charge in [0.05, 0.1) is 12.8 Å². The number of hydrogen-bond acceptors (Lipinski definition) is 3. The lowest BCUT2D eigenvalue weighted by atomic mass is 10.4. The average molecular weight is 306 g/mol. The SMILES string of the molecule is O=C(OCC=CCC(F)(F)F)OCC=CCC(F)(F)F. The lowest BCUT2D eigenvalue weighted by Crippen LogP contribution is -2.08. The summed E-state index contributed by atoms with van der Waals surface area (Å²) in [5.41, 5.74) is 0. The molecule has 20 heavy (non-hydrogen) atoms. The summed E-state index contributed by atoms with van der Waals surface area (Å²) in [6, 6.07) is 0. The molecule has 0 saturated heterocycles. The van der Waals surface area contributed by atoms with Crippen molar-refractivity contribution in [2.75, 3.05) is 13.2 Å². The summed E-state index contributed by atoms with van der Waals surface area (Å²) < 4.78 is 78.8. The van der Waals surface area contributed by atoms with E-state index in [9.17, 15) is 31.1 Å². The molecule has 0 aliphatic carbocycles. The normalized spacial score (nSPS) is 13.1. The zero-order valence-corrected chi connectivity index (χ0v) is 10.1. The predicted molar refractivity (Wildman–Crippen MR) is 56.9 cm³/mol. The van der Waals surface area contributed by atoms with Crippen LogP contribution in [-0.4, -0.2) is 31.7 Å². The Morgan fingerprint density at radius 2 is 1.10 bits per heavy atom. The molecule has 0 rings (SSSR count). The molecule has 9 heteroatoms. The summed E-state index contributed by atoms with van der Waals surface area (Å²) in [6.45, 7) is -0.831. The van der Waals surface area contributed by atoms with Crippen molar-refractivity contribution >= 4 is 6.16 Å². The van der Waals surface area contributed by atoms with Gasteiger partial charge in [-0.15, -0.1) is 0 Å². The molecule has 0 aromatic heterocycles. The summed E-state index contributed by atoms with van der Waals surface area (Å²) in [4.78, 5) is 10.8. The molecular formula is C11H12F6O3.